The van der Waals surface area contributed by atoms with E-state index in [0.717, 1.165) is 18.4 Å². The lowest BCUT2D eigenvalue weighted by Gasteiger charge is -2.10. The molecule has 0 radical (unpaired) electrons. The molecule has 3 rings (SSSR count). The summed E-state index contributed by atoms with van der Waals surface area (Å²) in [5.74, 6) is -0.0743. The highest BCUT2D eigenvalue weighted by molar-refractivity contribution is 6.05. The number of rotatable bonds is 6. The first-order valence-electron chi connectivity index (χ1n) is 10.1. The van der Waals surface area contributed by atoms with E-state index in [4.69, 9.17) is 4.74 Å². The smallest absolute Gasteiger partial charge is 0.308 e. The molecule has 1 saturated carbocycles. The molecule has 2 aromatic rings. The van der Waals surface area contributed by atoms with Gasteiger partial charge < -0.3 is 15.4 Å². The number of nitrogens with one attached hydrogen (secondary N) is 2. The molecule has 2 amide bonds. The first kappa shape index (κ1) is 21.3. The number of anilines is 2. The van der Waals surface area contributed by atoms with Crippen LogP contribution >= 0.6 is 0 Å². The van der Waals surface area contributed by atoms with Crippen molar-refractivity contribution in [1.82, 2.24) is 0 Å². The summed E-state index contributed by atoms with van der Waals surface area (Å²) in [5, 5.41) is 5.64. The second kappa shape index (κ2) is 9.87. The molecule has 6 heteroatoms. The molecule has 0 heterocycles. The van der Waals surface area contributed by atoms with Gasteiger partial charge in [0.15, 0.2) is 0 Å². The van der Waals surface area contributed by atoms with Gasteiger partial charge in [0.05, 0.1) is 0 Å². The fraction of sp³-hybridized carbons (Fsp3) is 0.292. The van der Waals surface area contributed by atoms with E-state index in [0.29, 0.717) is 28.6 Å². The summed E-state index contributed by atoms with van der Waals surface area (Å²) in [4.78, 5) is 35.7. The average molecular weight is 406 g/mol. The van der Waals surface area contributed by atoms with Gasteiger partial charge in [-0.2, -0.15) is 0 Å². The van der Waals surface area contributed by atoms with E-state index < -0.39 is 5.97 Å². The van der Waals surface area contributed by atoms with Crippen molar-refractivity contribution in [2.45, 2.75) is 39.5 Å². The molecule has 6 nitrogen and oxygen atoms in total. The molecule has 0 saturated heterocycles. The molecule has 1 aliphatic carbocycles. The number of ether oxygens (including phenoxy) is 1. The van der Waals surface area contributed by atoms with Crippen LogP contribution in [0.3, 0.4) is 0 Å². The summed E-state index contributed by atoms with van der Waals surface area (Å²) in [6.07, 6.45) is 6.47. The summed E-state index contributed by atoms with van der Waals surface area (Å²) >= 11 is 0. The Morgan fingerprint density at radius 1 is 0.933 bits per heavy atom. The normalized spacial score (nSPS) is 14.3. The van der Waals surface area contributed by atoms with Crippen LogP contribution in [-0.4, -0.2) is 17.8 Å². The van der Waals surface area contributed by atoms with E-state index in [2.05, 4.69) is 10.6 Å². The first-order chi connectivity index (χ1) is 14.4. The predicted octanol–water partition coefficient (Wildman–Crippen LogP) is 4.94. The highest BCUT2D eigenvalue weighted by atomic mass is 16.5. The Kier molecular flexibility index (Phi) is 7.01. The number of carbonyl (C=O) groups excluding carboxylic acids is 3. The van der Waals surface area contributed by atoms with E-state index in [1.807, 2.05) is 6.92 Å². The second-order valence-electron chi connectivity index (χ2n) is 7.51. The fourth-order valence-electron chi connectivity index (χ4n) is 3.59. The Hall–Kier alpha value is -3.41. The zero-order chi connectivity index (χ0) is 21.5. The molecule has 0 atom stereocenters. The van der Waals surface area contributed by atoms with Crippen molar-refractivity contribution >= 4 is 29.2 Å². The van der Waals surface area contributed by atoms with Crippen molar-refractivity contribution in [3.8, 4) is 5.75 Å². The number of esters is 1. The van der Waals surface area contributed by atoms with Gasteiger partial charge in [0.2, 0.25) is 5.91 Å². The highest BCUT2D eigenvalue weighted by Crippen LogP contribution is 2.30. The molecule has 0 spiro atoms. The Balaban J connectivity index is 1.57. The summed E-state index contributed by atoms with van der Waals surface area (Å²) < 4.78 is 5.00. The van der Waals surface area contributed by atoms with Crippen LogP contribution in [0.15, 0.2) is 60.2 Å². The minimum absolute atomic E-state index is 0.140. The van der Waals surface area contributed by atoms with Crippen LogP contribution in [0.5, 0.6) is 5.75 Å². The SMILES string of the molecule is CC(=O)Oc1cccc(C(=O)Nc2ccc(NC(=O)/C=C(\C)C3CCCC3)cc2)c1. The number of benzene rings is 2. The highest BCUT2D eigenvalue weighted by Gasteiger charge is 2.17. The van der Waals surface area contributed by atoms with Gasteiger partial charge >= 0.3 is 5.97 Å². The van der Waals surface area contributed by atoms with Gasteiger partial charge in [0.1, 0.15) is 5.75 Å². The van der Waals surface area contributed by atoms with E-state index in [9.17, 15) is 14.4 Å². The Morgan fingerprint density at radius 3 is 2.20 bits per heavy atom. The molecule has 0 aliphatic heterocycles. The van der Waals surface area contributed by atoms with Crippen LogP contribution in [-0.2, 0) is 9.59 Å². The standard InChI is InChI=1S/C24H26N2O4/c1-16(18-6-3-4-7-18)14-23(28)25-20-10-12-21(13-11-20)26-24(29)19-8-5-9-22(15-19)30-17(2)27/h5,8-15,18H,3-4,6-7H2,1-2H3,(H,25,28)(H,26,29)/b16-14+. The van der Waals surface area contributed by atoms with Crippen molar-refractivity contribution in [3.05, 3.63) is 65.7 Å². The molecule has 0 bridgehead atoms. The van der Waals surface area contributed by atoms with Crippen LogP contribution < -0.4 is 15.4 Å². The van der Waals surface area contributed by atoms with Gasteiger partial charge in [-0.3, -0.25) is 14.4 Å². The van der Waals surface area contributed by atoms with Crippen molar-refractivity contribution < 1.29 is 19.1 Å². The Bertz CT molecular complexity index is 957. The molecule has 30 heavy (non-hydrogen) atoms. The van der Waals surface area contributed by atoms with Gasteiger partial charge in [-0.05, 0) is 68.1 Å². The molecule has 0 unspecified atom stereocenters. The largest absolute Gasteiger partial charge is 0.427 e. The molecular formula is C24H26N2O4. The number of hydrogen-bond acceptors (Lipinski definition) is 4. The lowest BCUT2D eigenvalue weighted by molar-refractivity contribution is -0.131. The van der Waals surface area contributed by atoms with Gasteiger partial charge in [-0.15, -0.1) is 0 Å². The molecular weight excluding hydrogens is 380 g/mol. The second-order valence-corrected chi connectivity index (χ2v) is 7.51. The van der Waals surface area contributed by atoms with E-state index in [1.54, 1.807) is 48.5 Å². The minimum Gasteiger partial charge on any atom is -0.427 e. The van der Waals surface area contributed by atoms with E-state index in [1.165, 1.54) is 25.8 Å². The van der Waals surface area contributed by atoms with Crippen LogP contribution in [0.25, 0.3) is 0 Å². The van der Waals surface area contributed by atoms with Crippen LogP contribution in [0.2, 0.25) is 0 Å². The summed E-state index contributed by atoms with van der Waals surface area (Å²) in [6.45, 7) is 3.32. The summed E-state index contributed by atoms with van der Waals surface area (Å²) in [5.41, 5.74) is 2.75. The molecule has 2 N–H and O–H groups in total. The number of hydrogen-bond donors (Lipinski definition) is 2. The van der Waals surface area contributed by atoms with Gasteiger partial charge in [-0.25, -0.2) is 0 Å². The predicted molar refractivity (Wildman–Crippen MR) is 116 cm³/mol. The van der Waals surface area contributed by atoms with Gasteiger partial charge in [0, 0.05) is 29.9 Å². The molecule has 0 aromatic heterocycles. The Labute approximate surface area is 176 Å². The third kappa shape index (κ3) is 6.04. The third-order valence-corrected chi connectivity index (χ3v) is 5.13. The molecule has 2 aromatic carbocycles. The van der Waals surface area contributed by atoms with Gasteiger partial charge in [-0.1, -0.05) is 24.5 Å². The minimum atomic E-state index is -0.446. The van der Waals surface area contributed by atoms with Crippen molar-refractivity contribution in [3.63, 3.8) is 0 Å². The molecule has 1 fully saturated rings. The number of amides is 2. The lowest BCUT2D eigenvalue weighted by atomic mass is 9.99. The monoisotopic (exact) mass is 406 g/mol. The van der Waals surface area contributed by atoms with Crippen molar-refractivity contribution in [2.75, 3.05) is 10.6 Å². The maximum absolute atomic E-state index is 12.4. The van der Waals surface area contributed by atoms with Crippen LogP contribution in [0.4, 0.5) is 11.4 Å². The van der Waals surface area contributed by atoms with Crippen molar-refractivity contribution in [2.24, 2.45) is 5.92 Å². The summed E-state index contributed by atoms with van der Waals surface area (Å²) in [7, 11) is 0. The maximum Gasteiger partial charge on any atom is 0.308 e. The van der Waals surface area contributed by atoms with Crippen LogP contribution in [0, 0.1) is 5.92 Å². The average Bonchev–Trinajstić information content (AvgIpc) is 3.24. The quantitative estimate of drug-likeness (QED) is 0.404. The third-order valence-electron chi connectivity index (χ3n) is 5.13. The van der Waals surface area contributed by atoms with Crippen molar-refractivity contribution in [1.29, 1.82) is 0 Å². The van der Waals surface area contributed by atoms with Crippen LogP contribution in [0.1, 0.15) is 49.9 Å². The van der Waals surface area contributed by atoms with E-state index >= 15 is 0 Å². The molecule has 1 aliphatic rings. The zero-order valence-electron chi connectivity index (χ0n) is 17.2. The fourth-order valence-corrected chi connectivity index (χ4v) is 3.59. The maximum atomic E-state index is 12.4. The van der Waals surface area contributed by atoms with Gasteiger partial charge in [0.25, 0.3) is 5.91 Å². The zero-order valence-corrected chi connectivity index (χ0v) is 17.2. The first-order valence-corrected chi connectivity index (χ1v) is 10.1. The number of carbonyl (C=O) groups is 3. The van der Waals surface area contributed by atoms with E-state index in [-0.39, 0.29) is 11.8 Å². The number of allylic oxidation sites excluding steroid dienone is 1. The lowest BCUT2D eigenvalue weighted by Crippen LogP contribution is -2.13. The topological polar surface area (TPSA) is 84.5 Å². The Morgan fingerprint density at radius 2 is 1.57 bits per heavy atom. The molecule has 156 valence electrons. The summed E-state index contributed by atoms with van der Waals surface area (Å²) in [6, 6.07) is 13.3.